The Balaban J connectivity index is 1.91. The van der Waals surface area contributed by atoms with Crippen LogP contribution in [0.4, 0.5) is 17.1 Å². The van der Waals surface area contributed by atoms with Gasteiger partial charge in [-0.15, -0.1) is 0 Å². The summed E-state index contributed by atoms with van der Waals surface area (Å²) in [6, 6.07) is 10.8. The van der Waals surface area contributed by atoms with E-state index in [2.05, 4.69) is 5.32 Å². The molecule has 0 saturated carbocycles. The first-order chi connectivity index (χ1) is 15.3. The number of sulfonamides is 1. The highest BCUT2D eigenvalue weighted by Crippen LogP contribution is 2.33. The molecule has 32 heavy (non-hydrogen) atoms. The van der Waals surface area contributed by atoms with Crippen molar-refractivity contribution in [3.05, 3.63) is 47.5 Å². The van der Waals surface area contributed by atoms with Crippen LogP contribution in [0, 0.1) is 19.8 Å². The Morgan fingerprint density at radius 3 is 2.38 bits per heavy atom. The summed E-state index contributed by atoms with van der Waals surface area (Å²) in [6.07, 6.45) is 3.51. The van der Waals surface area contributed by atoms with E-state index in [0.717, 1.165) is 67.9 Å². The summed E-state index contributed by atoms with van der Waals surface area (Å²) in [4.78, 5) is 0.221. The summed E-state index contributed by atoms with van der Waals surface area (Å²) >= 11 is 0. The van der Waals surface area contributed by atoms with Gasteiger partial charge in [0.05, 0.1) is 22.0 Å². The number of hydrogen-bond acceptors (Lipinski definition) is 5. The van der Waals surface area contributed by atoms with Gasteiger partial charge >= 0.3 is 0 Å². The predicted molar refractivity (Wildman–Crippen MR) is 133 cm³/mol. The summed E-state index contributed by atoms with van der Waals surface area (Å²) in [6.45, 7) is 10.4. The van der Waals surface area contributed by atoms with E-state index in [0.29, 0.717) is 11.6 Å². The first-order valence-electron chi connectivity index (χ1n) is 11.6. The number of rotatable bonds is 9. The van der Waals surface area contributed by atoms with E-state index in [1.807, 2.05) is 45.9 Å². The molecule has 0 aliphatic carbocycles. The molecule has 6 nitrogen and oxygen atoms in total. The lowest BCUT2D eigenvalue weighted by Gasteiger charge is -2.33. The van der Waals surface area contributed by atoms with Gasteiger partial charge in [0, 0.05) is 25.8 Å². The van der Waals surface area contributed by atoms with Gasteiger partial charge in [-0.3, -0.25) is 4.31 Å². The lowest BCUT2D eigenvalue weighted by Crippen LogP contribution is -2.40. The molecule has 1 aliphatic heterocycles. The molecule has 1 aliphatic rings. The minimum atomic E-state index is -3.78. The van der Waals surface area contributed by atoms with Crippen molar-refractivity contribution in [1.82, 2.24) is 0 Å². The number of aryl methyl sites for hydroxylation is 2. The minimum Gasteiger partial charge on any atom is -0.397 e. The Kier molecular flexibility index (Phi) is 8.06. The Labute approximate surface area is 193 Å². The maximum atomic E-state index is 13.8. The molecule has 0 atom stereocenters. The molecule has 2 aromatic rings. The van der Waals surface area contributed by atoms with Crippen molar-refractivity contribution in [2.24, 2.45) is 5.92 Å². The average molecular weight is 460 g/mol. The summed E-state index contributed by atoms with van der Waals surface area (Å²) < 4.78 is 34.7. The molecule has 0 radical (unpaired) electrons. The molecule has 7 heteroatoms. The van der Waals surface area contributed by atoms with Crippen molar-refractivity contribution in [2.75, 3.05) is 35.1 Å². The van der Waals surface area contributed by atoms with Crippen LogP contribution in [0.1, 0.15) is 50.7 Å². The molecule has 1 fully saturated rings. The van der Waals surface area contributed by atoms with Gasteiger partial charge in [0.25, 0.3) is 10.0 Å². The highest BCUT2D eigenvalue weighted by molar-refractivity contribution is 7.92. The fraction of sp³-hybridized carbons (Fsp3) is 0.520. The fourth-order valence-electron chi connectivity index (χ4n) is 4.38. The molecular formula is C25H37N3O3S. The molecule has 0 unspecified atom stereocenters. The van der Waals surface area contributed by atoms with Gasteiger partial charge in [0.1, 0.15) is 0 Å². The number of anilines is 3. The Morgan fingerprint density at radius 1 is 1.09 bits per heavy atom. The van der Waals surface area contributed by atoms with Crippen molar-refractivity contribution in [3.8, 4) is 0 Å². The molecule has 1 heterocycles. The van der Waals surface area contributed by atoms with Crippen molar-refractivity contribution in [2.45, 2.75) is 64.3 Å². The first-order valence-corrected chi connectivity index (χ1v) is 13.0. The largest absolute Gasteiger partial charge is 0.397 e. The number of hydrogen-bond donors (Lipinski definition) is 2. The molecule has 0 bridgehead atoms. The molecule has 0 amide bonds. The van der Waals surface area contributed by atoms with E-state index in [1.165, 1.54) is 0 Å². The van der Waals surface area contributed by atoms with Crippen LogP contribution in [0.3, 0.4) is 0 Å². The third-order valence-corrected chi connectivity index (χ3v) is 8.23. The second kappa shape index (κ2) is 10.6. The highest BCUT2D eigenvalue weighted by Gasteiger charge is 2.31. The van der Waals surface area contributed by atoms with Gasteiger partial charge in [-0.25, -0.2) is 8.42 Å². The summed E-state index contributed by atoms with van der Waals surface area (Å²) in [5.74, 6) is 0.543. The average Bonchev–Trinajstić information content (AvgIpc) is 2.78. The van der Waals surface area contributed by atoms with Crippen LogP contribution in [-0.4, -0.2) is 34.2 Å². The maximum absolute atomic E-state index is 13.8. The van der Waals surface area contributed by atoms with E-state index < -0.39 is 10.0 Å². The van der Waals surface area contributed by atoms with E-state index in [-0.39, 0.29) is 10.9 Å². The van der Waals surface area contributed by atoms with E-state index >= 15 is 0 Å². The van der Waals surface area contributed by atoms with Crippen molar-refractivity contribution >= 4 is 27.1 Å². The van der Waals surface area contributed by atoms with Gasteiger partial charge in [-0.1, -0.05) is 31.5 Å². The maximum Gasteiger partial charge on any atom is 0.264 e. The molecule has 0 aromatic heterocycles. The molecule has 176 valence electrons. The van der Waals surface area contributed by atoms with Crippen LogP contribution >= 0.6 is 0 Å². The van der Waals surface area contributed by atoms with Gasteiger partial charge in [0.15, 0.2) is 0 Å². The Bertz CT molecular complexity index is 1010. The van der Waals surface area contributed by atoms with Crippen LogP contribution in [-0.2, 0) is 14.8 Å². The number of nitrogens with one attached hydrogen (secondary N) is 1. The SMILES string of the molecule is CCC(CC)N(c1ccc(C)cc1C)S(=O)(=O)c1ccc(NCC2CCOCC2)c(N)c1. The third-order valence-electron chi connectivity index (χ3n) is 6.37. The van der Waals surface area contributed by atoms with Gasteiger partial charge in [-0.2, -0.15) is 0 Å². The number of ether oxygens (including phenoxy) is 1. The second-order valence-electron chi connectivity index (χ2n) is 8.75. The minimum absolute atomic E-state index is 0.131. The van der Waals surface area contributed by atoms with Crippen molar-refractivity contribution in [3.63, 3.8) is 0 Å². The quantitative estimate of drug-likeness (QED) is 0.509. The standard InChI is InChI=1S/C25H37N3O3S/c1-5-21(6-2)28(25-10-7-18(3)15-19(25)4)32(29,30)22-8-9-24(23(26)16-22)27-17-20-11-13-31-14-12-20/h7-10,15-16,20-21,27H,5-6,11-14,17,26H2,1-4H3. The third kappa shape index (κ3) is 5.38. The Morgan fingerprint density at radius 2 is 1.78 bits per heavy atom. The van der Waals surface area contributed by atoms with Gasteiger partial charge in [-0.05, 0) is 75.3 Å². The lowest BCUT2D eigenvalue weighted by atomic mass is 10.0. The molecule has 0 spiro atoms. The second-order valence-corrected chi connectivity index (χ2v) is 10.6. The van der Waals surface area contributed by atoms with Crippen LogP contribution in [0.25, 0.3) is 0 Å². The monoisotopic (exact) mass is 459 g/mol. The summed E-state index contributed by atoms with van der Waals surface area (Å²) in [7, 11) is -3.78. The van der Waals surface area contributed by atoms with E-state index in [4.69, 9.17) is 10.5 Å². The predicted octanol–water partition coefficient (Wildman–Crippen LogP) is 5.11. The van der Waals surface area contributed by atoms with Crippen LogP contribution in [0.5, 0.6) is 0 Å². The van der Waals surface area contributed by atoms with Gasteiger partial charge in [0.2, 0.25) is 0 Å². The number of benzene rings is 2. The molecule has 2 aromatic carbocycles. The zero-order valence-corrected chi connectivity index (χ0v) is 20.5. The lowest BCUT2D eigenvalue weighted by molar-refractivity contribution is 0.0699. The zero-order chi connectivity index (χ0) is 23.3. The normalized spacial score (nSPS) is 15.2. The van der Waals surface area contributed by atoms with Gasteiger partial charge < -0.3 is 15.8 Å². The van der Waals surface area contributed by atoms with Crippen molar-refractivity contribution in [1.29, 1.82) is 0 Å². The Hall–Kier alpha value is -2.25. The highest BCUT2D eigenvalue weighted by atomic mass is 32.2. The number of nitrogens with two attached hydrogens (primary N) is 1. The molecular weight excluding hydrogens is 422 g/mol. The smallest absolute Gasteiger partial charge is 0.264 e. The summed E-state index contributed by atoms with van der Waals surface area (Å²) in [5, 5.41) is 3.39. The van der Waals surface area contributed by atoms with Crippen molar-refractivity contribution < 1.29 is 13.2 Å². The number of nitrogens with zero attached hydrogens (tertiary/aromatic N) is 1. The fourth-order valence-corrected chi connectivity index (χ4v) is 6.27. The topological polar surface area (TPSA) is 84.7 Å². The summed E-state index contributed by atoms with van der Waals surface area (Å²) in [5.41, 5.74) is 10.3. The number of nitrogen functional groups attached to an aromatic ring is 1. The molecule has 3 rings (SSSR count). The molecule has 1 saturated heterocycles. The van der Waals surface area contributed by atoms with Crippen LogP contribution < -0.4 is 15.4 Å². The first kappa shape index (κ1) is 24.4. The molecule has 3 N–H and O–H groups in total. The zero-order valence-electron chi connectivity index (χ0n) is 19.7. The van der Waals surface area contributed by atoms with E-state index in [1.54, 1.807) is 22.5 Å². The van der Waals surface area contributed by atoms with E-state index in [9.17, 15) is 8.42 Å². The van der Waals surface area contributed by atoms with Crippen LogP contribution in [0.15, 0.2) is 41.3 Å². The van der Waals surface area contributed by atoms with Crippen LogP contribution in [0.2, 0.25) is 0 Å².